The SMILES string of the molecule is [B]C([B])(Cc1c[nH]c2cccc(OC)c12)N1CCOCC1. The first-order valence-electron chi connectivity index (χ1n) is 7.15. The standard InChI is InChI=1S/C15H18B2N2O2/c1-20-13-4-2-3-12-14(13)11(10-18-12)9-15(16,17)19-5-7-21-8-6-19/h2-4,10,18H,5-9H2,1H3. The van der Waals surface area contributed by atoms with Crippen LogP contribution in [-0.2, 0) is 11.2 Å². The second kappa shape index (κ2) is 5.78. The fourth-order valence-corrected chi connectivity index (χ4v) is 2.93. The number of nitrogens with one attached hydrogen (secondary N) is 1. The average Bonchev–Trinajstić information content (AvgIpc) is 2.91. The molecule has 0 unspecified atom stereocenters. The molecule has 4 nitrogen and oxygen atoms in total. The molecule has 0 saturated carbocycles. The van der Waals surface area contributed by atoms with E-state index in [4.69, 9.17) is 25.2 Å². The summed E-state index contributed by atoms with van der Waals surface area (Å²) < 4.78 is 10.8. The first-order valence-corrected chi connectivity index (χ1v) is 7.15. The maximum atomic E-state index is 6.36. The Morgan fingerprint density at radius 2 is 2.10 bits per heavy atom. The van der Waals surface area contributed by atoms with Gasteiger partial charge in [0.1, 0.15) is 5.75 Å². The summed E-state index contributed by atoms with van der Waals surface area (Å²) in [6, 6.07) is 5.93. The molecule has 1 aromatic heterocycles. The van der Waals surface area contributed by atoms with Gasteiger partial charge in [0.15, 0.2) is 0 Å². The lowest BCUT2D eigenvalue weighted by atomic mass is 9.57. The number of rotatable bonds is 4. The molecule has 1 N–H and O–H groups in total. The summed E-state index contributed by atoms with van der Waals surface area (Å²) in [6.07, 6.45) is 2.51. The number of methoxy groups -OCH3 is 1. The molecule has 1 fully saturated rings. The van der Waals surface area contributed by atoms with E-state index >= 15 is 0 Å². The van der Waals surface area contributed by atoms with E-state index in [1.165, 1.54) is 0 Å². The monoisotopic (exact) mass is 280 g/mol. The Kier molecular flexibility index (Phi) is 4.00. The molecule has 0 amide bonds. The maximum absolute atomic E-state index is 6.36. The van der Waals surface area contributed by atoms with Crippen molar-refractivity contribution in [3.63, 3.8) is 0 Å². The van der Waals surface area contributed by atoms with Gasteiger partial charge >= 0.3 is 0 Å². The first-order chi connectivity index (χ1) is 10.1. The van der Waals surface area contributed by atoms with E-state index < -0.39 is 5.34 Å². The van der Waals surface area contributed by atoms with Crippen molar-refractivity contribution in [2.45, 2.75) is 11.8 Å². The fraction of sp³-hybridized carbons (Fsp3) is 0.467. The number of fused-ring (bicyclic) bond motifs is 1. The number of aromatic amines is 1. The van der Waals surface area contributed by atoms with Crippen LogP contribution in [0, 0.1) is 0 Å². The predicted molar refractivity (Wildman–Crippen MR) is 85.2 cm³/mol. The van der Waals surface area contributed by atoms with Gasteiger partial charge in [-0.2, -0.15) is 0 Å². The van der Waals surface area contributed by atoms with Gasteiger partial charge in [0.05, 0.1) is 36.0 Å². The van der Waals surface area contributed by atoms with Crippen molar-refractivity contribution >= 4 is 26.6 Å². The van der Waals surface area contributed by atoms with Crippen molar-refractivity contribution < 1.29 is 9.47 Å². The van der Waals surface area contributed by atoms with Crippen molar-refractivity contribution in [2.24, 2.45) is 0 Å². The van der Waals surface area contributed by atoms with Gasteiger partial charge in [-0.3, -0.25) is 0 Å². The van der Waals surface area contributed by atoms with Crippen LogP contribution in [0.2, 0.25) is 0 Å². The molecule has 2 heterocycles. The molecule has 21 heavy (non-hydrogen) atoms. The van der Waals surface area contributed by atoms with Gasteiger partial charge in [-0.05, 0) is 29.5 Å². The molecular formula is C15H18B2N2O2. The van der Waals surface area contributed by atoms with E-state index in [1.54, 1.807) is 7.11 Å². The molecular weight excluding hydrogens is 262 g/mol. The van der Waals surface area contributed by atoms with E-state index in [1.807, 2.05) is 24.4 Å². The summed E-state index contributed by atoms with van der Waals surface area (Å²) >= 11 is 0. The molecule has 1 aliphatic heterocycles. The van der Waals surface area contributed by atoms with Gasteiger partial charge in [0.2, 0.25) is 0 Å². The molecule has 6 heteroatoms. The summed E-state index contributed by atoms with van der Waals surface area (Å²) in [5.41, 5.74) is 2.10. The second-order valence-corrected chi connectivity index (χ2v) is 5.46. The lowest BCUT2D eigenvalue weighted by molar-refractivity contribution is 0.0233. The Bertz CT molecular complexity index is 621. The van der Waals surface area contributed by atoms with E-state index in [9.17, 15) is 0 Å². The van der Waals surface area contributed by atoms with Crippen molar-refractivity contribution in [3.8, 4) is 5.75 Å². The lowest BCUT2D eigenvalue weighted by Gasteiger charge is -2.42. The highest BCUT2D eigenvalue weighted by Crippen LogP contribution is 2.31. The third kappa shape index (κ3) is 2.83. The van der Waals surface area contributed by atoms with Crippen LogP contribution in [0.15, 0.2) is 24.4 Å². The molecule has 3 rings (SSSR count). The highest BCUT2D eigenvalue weighted by molar-refractivity contribution is 6.40. The predicted octanol–water partition coefficient (Wildman–Crippen LogP) is 1.04. The van der Waals surface area contributed by atoms with Gasteiger partial charge in [-0.25, -0.2) is 0 Å². The molecule has 1 aromatic carbocycles. The van der Waals surface area contributed by atoms with Gasteiger partial charge in [0, 0.05) is 30.2 Å². The molecule has 1 saturated heterocycles. The zero-order valence-corrected chi connectivity index (χ0v) is 12.3. The van der Waals surface area contributed by atoms with Crippen LogP contribution in [0.4, 0.5) is 0 Å². The van der Waals surface area contributed by atoms with Crippen LogP contribution in [0.5, 0.6) is 5.75 Å². The number of morpholine rings is 1. The van der Waals surface area contributed by atoms with Crippen LogP contribution in [0.25, 0.3) is 10.9 Å². The summed E-state index contributed by atoms with van der Waals surface area (Å²) in [5.74, 6) is 0.835. The minimum atomic E-state index is -0.889. The number of aromatic nitrogens is 1. The van der Waals surface area contributed by atoms with Crippen LogP contribution < -0.4 is 4.74 Å². The second-order valence-electron chi connectivity index (χ2n) is 5.46. The van der Waals surface area contributed by atoms with Crippen LogP contribution in [0.3, 0.4) is 0 Å². The van der Waals surface area contributed by atoms with Crippen molar-refractivity contribution in [1.82, 2.24) is 9.88 Å². The first kappa shape index (κ1) is 14.5. The Labute approximate surface area is 127 Å². The minimum absolute atomic E-state index is 0.549. The minimum Gasteiger partial charge on any atom is -0.496 e. The lowest BCUT2D eigenvalue weighted by Crippen LogP contribution is -2.55. The van der Waals surface area contributed by atoms with Gasteiger partial charge in [-0.1, -0.05) is 6.07 Å². The Morgan fingerprint density at radius 3 is 2.81 bits per heavy atom. The molecule has 1 aliphatic rings. The van der Waals surface area contributed by atoms with E-state index in [0.29, 0.717) is 19.6 Å². The van der Waals surface area contributed by atoms with Gasteiger partial charge in [-0.15, -0.1) is 0 Å². The van der Waals surface area contributed by atoms with Crippen LogP contribution in [-0.4, -0.2) is 64.3 Å². The summed E-state index contributed by atoms with van der Waals surface area (Å²) in [6.45, 7) is 2.86. The normalized spacial score (nSPS) is 17.2. The molecule has 0 spiro atoms. The molecule has 4 radical (unpaired) electrons. The smallest absolute Gasteiger partial charge is 0.128 e. The van der Waals surface area contributed by atoms with Crippen molar-refractivity contribution in [1.29, 1.82) is 0 Å². The van der Waals surface area contributed by atoms with E-state index in [-0.39, 0.29) is 0 Å². The quantitative estimate of drug-likeness (QED) is 0.850. The number of hydrogen-bond acceptors (Lipinski definition) is 3. The highest BCUT2D eigenvalue weighted by Gasteiger charge is 2.28. The van der Waals surface area contributed by atoms with Crippen molar-refractivity contribution in [2.75, 3.05) is 33.4 Å². The highest BCUT2D eigenvalue weighted by atomic mass is 16.5. The third-order valence-electron chi connectivity index (χ3n) is 4.04. The Balaban J connectivity index is 1.90. The maximum Gasteiger partial charge on any atom is 0.128 e. The number of nitrogens with zero attached hydrogens (tertiary/aromatic N) is 1. The number of benzene rings is 1. The van der Waals surface area contributed by atoms with Crippen LogP contribution >= 0.6 is 0 Å². The third-order valence-corrected chi connectivity index (χ3v) is 4.04. The van der Waals surface area contributed by atoms with Crippen molar-refractivity contribution in [3.05, 3.63) is 30.0 Å². The molecule has 0 bridgehead atoms. The largest absolute Gasteiger partial charge is 0.496 e. The zero-order valence-electron chi connectivity index (χ0n) is 12.3. The molecule has 0 aliphatic carbocycles. The topological polar surface area (TPSA) is 37.5 Å². The summed E-state index contributed by atoms with van der Waals surface area (Å²) in [4.78, 5) is 5.33. The van der Waals surface area contributed by atoms with Crippen LogP contribution in [0.1, 0.15) is 5.56 Å². The number of H-pyrrole nitrogens is 1. The number of hydrogen-bond donors (Lipinski definition) is 1. The summed E-state index contributed by atoms with van der Waals surface area (Å²) in [5, 5.41) is 0.160. The average molecular weight is 280 g/mol. The number of ether oxygens (including phenoxy) is 2. The Morgan fingerprint density at radius 1 is 1.33 bits per heavy atom. The van der Waals surface area contributed by atoms with Gasteiger partial charge < -0.3 is 19.4 Å². The molecule has 106 valence electrons. The Hall–Kier alpha value is -1.39. The van der Waals surface area contributed by atoms with Gasteiger partial charge in [0.25, 0.3) is 0 Å². The van der Waals surface area contributed by atoms with E-state index in [0.717, 1.165) is 35.3 Å². The van der Waals surface area contributed by atoms with E-state index in [2.05, 4.69) is 9.88 Å². The zero-order chi connectivity index (χ0) is 14.9. The fourth-order valence-electron chi connectivity index (χ4n) is 2.93. The molecule has 2 aromatic rings. The molecule has 0 atom stereocenters. The summed E-state index contributed by atoms with van der Waals surface area (Å²) in [7, 11) is 14.4.